The Bertz CT molecular complexity index is 1350. The normalized spacial score (nSPS) is 17.6. The average Bonchev–Trinajstić information content (AvgIpc) is 2.78. The van der Waals surface area contributed by atoms with E-state index in [9.17, 15) is 22.8 Å². The van der Waals surface area contributed by atoms with E-state index >= 15 is 0 Å². The minimum Gasteiger partial charge on any atom is -0.293 e. The molecule has 0 bridgehead atoms. The number of carbonyl (C=O) groups is 3. The second-order valence-electron chi connectivity index (χ2n) is 7.79. The van der Waals surface area contributed by atoms with E-state index in [1.54, 1.807) is 43.3 Å². The highest BCUT2D eigenvalue weighted by atomic mass is 32.2. The minimum atomic E-state index is -4.27. The molecule has 1 unspecified atom stereocenters. The molecule has 1 aliphatic heterocycles. The molecule has 0 saturated carbocycles. The molecule has 0 N–H and O–H groups in total. The van der Waals surface area contributed by atoms with Gasteiger partial charge in [0, 0.05) is 16.7 Å². The Balaban J connectivity index is 1.83. The molecule has 0 spiro atoms. The van der Waals surface area contributed by atoms with Crippen LogP contribution in [0, 0.1) is 13.8 Å². The zero-order valence-electron chi connectivity index (χ0n) is 17.6. The second-order valence-corrected chi connectivity index (χ2v) is 9.64. The number of Topliss-reactive ketones (excluding diaryl/α,β-unsaturated/α-hetero) is 3. The maximum absolute atomic E-state index is 13.5. The van der Waals surface area contributed by atoms with E-state index in [1.807, 2.05) is 13.0 Å². The van der Waals surface area contributed by atoms with Crippen molar-refractivity contribution < 1.29 is 22.8 Å². The van der Waals surface area contributed by atoms with Gasteiger partial charge >= 0.3 is 0 Å². The molecule has 1 atom stereocenters. The summed E-state index contributed by atoms with van der Waals surface area (Å²) in [4.78, 5) is 39.6. The fraction of sp³-hybridized carbons (Fsp3) is 0.160. The number of benzene rings is 3. The Labute approximate surface area is 186 Å². The maximum atomic E-state index is 13.5. The van der Waals surface area contributed by atoms with Crippen LogP contribution in [0.25, 0.3) is 0 Å². The smallest absolute Gasteiger partial charge is 0.245 e. The molecule has 4 rings (SSSR count). The number of ketones is 3. The number of aryl methyl sites for hydroxylation is 2. The van der Waals surface area contributed by atoms with Crippen LogP contribution in [0.1, 0.15) is 42.2 Å². The van der Waals surface area contributed by atoms with Crippen LogP contribution in [0.4, 0.5) is 0 Å². The fourth-order valence-corrected chi connectivity index (χ4v) is 5.68. The first-order chi connectivity index (χ1) is 15.2. The van der Waals surface area contributed by atoms with Gasteiger partial charge in [-0.25, -0.2) is 8.42 Å². The van der Waals surface area contributed by atoms with E-state index in [0.29, 0.717) is 11.1 Å². The molecule has 3 aromatic carbocycles. The van der Waals surface area contributed by atoms with E-state index in [2.05, 4.69) is 0 Å². The molecule has 1 heterocycles. The van der Waals surface area contributed by atoms with Gasteiger partial charge in [-0.3, -0.25) is 14.4 Å². The molecule has 0 amide bonds. The van der Waals surface area contributed by atoms with Crippen molar-refractivity contribution in [2.45, 2.75) is 24.8 Å². The van der Waals surface area contributed by atoms with E-state index in [4.69, 9.17) is 0 Å². The fourth-order valence-electron chi connectivity index (χ4n) is 3.98. The number of carbonyl (C=O) groups excluding carboxylic acids is 3. The average molecular weight is 448 g/mol. The van der Waals surface area contributed by atoms with Crippen LogP contribution in [0.15, 0.2) is 77.7 Å². The summed E-state index contributed by atoms with van der Waals surface area (Å²) in [6.45, 7) is 3.04. The number of sulfonamides is 1. The molecule has 0 radical (unpaired) electrons. The van der Waals surface area contributed by atoms with E-state index in [-0.39, 0.29) is 16.0 Å². The van der Waals surface area contributed by atoms with Crippen molar-refractivity contribution in [3.63, 3.8) is 0 Å². The number of hydrogen-bond acceptors (Lipinski definition) is 5. The SMILES string of the molecule is Cc1ccc(C(=O)CN2C(C(=O)c3ccccc3)C(=O)c3ccccc3S2(=O)=O)c(C)c1. The summed E-state index contributed by atoms with van der Waals surface area (Å²) in [6, 6.07) is 17.4. The summed E-state index contributed by atoms with van der Waals surface area (Å²) < 4.78 is 27.7. The number of nitrogens with zero attached hydrogens (tertiary/aromatic N) is 1. The van der Waals surface area contributed by atoms with Crippen molar-refractivity contribution in [2.24, 2.45) is 0 Å². The van der Waals surface area contributed by atoms with Gasteiger partial charge in [0.15, 0.2) is 23.4 Å². The monoisotopic (exact) mass is 447 g/mol. The van der Waals surface area contributed by atoms with Gasteiger partial charge in [0.05, 0.1) is 11.4 Å². The predicted molar refractivity (Wildman–Crippen MR) is 119 cm³/mol. The third-order valence-electron chi connectivity index (χ3n) is 5.56. The lowest BCUT2D eigenvalue weighted by atomic mass is 9.95. The third kappa shape index (κ3) is 3.70. The van der Waals surface area contributed by atoms with Gasteiger partial charge < -0.3 is 0 Å². The van der Waals surface area contributed by atoms with E-state index in [0.717, 1.165) is 9.87 Å². The molecule has 7 heteroatoms. The highest BCUT2D eigenvalue weighted by Crippen LogP contribution is 2.32. The van der Waals surface area contributed by atoms with Crippen molar-refractivity contribution in [3.8, 4) is 0 Å². The van der Waals surface area contributed by atoms with Gasteiger partial charge in [-0.05, 0) is 31.5 Å². The summed E-state index contributed by atoms with van der Waals surface area (Å²) in [5.74, 6) is -1.79. The van der Waals surface area contributed by atoms with Gasteiger partial charge in [0.1, 0.15) is 0 Å². The Hall–Kier alpha value is -3.42. The largest absolute Gasteiger partial charge is 0.293 e. The Morgan fingerprint density at radius 1 is 0.906 bits per heavy atom. The van der Waals surface area contributed by atoms with Crippen LogP contribution in [-0.4, -0.2) is 42.7 Å². The lowest BCUT2D eigenvalue weighted by Crippen LogP contribution is -2.55. The molecule has 3 aromatic rings. The molecule has 0 saturated heterocycles. The zero-order valence-corrected chi connectivity index (χ0v) is 18.4. The number of rotatable bonds is 5. The zero-order chi connectivity index (χ0) is 23.0. The van der Waals surface area contributed by atoms with Crippen LogP contribution >= 0.6 is 0 Å². The van der Waals surface area contributed by atoms with Crippen molar-refractivity contribution in [2.75, 3.05) is 6.54 Å². The highest BCUT2D eigenvalue weighted by molar-refractivity contribution is 7.89. The highest BCUT2D eigenvalue weighted by Gasteiger charge is 2.48. The van der Waals surface area contributed by atoms with E-state index in [1.165, 1.54) is 30.3 Å². The maximum Gasteiger partial charge on any atom is 0.245 e. The first kappa shape index (κ1) is 21.8. The third-order valence-corrected chi connectivity index (χ3v) is 7.43. The van der Waals surface area contributed by atoms with Gasteiger partial charge in [-0.2, -0.15) is 4.31 Å². The van der Waals surface area contributed by atoms with Crippen LogP contribution in [-0.2, 0) is 10.0 Å². The summed E-state index contributed by atoms with van der Waals surface area (Å²) in [6.07, 6.45) is 0. The molecule has 0 aromatic heterocycles. The van der Waals surface area contributed by atoms with Crippen LogP contribution in [0.2, 0.25) is 0 Å². The lowest BCUT2D eigenvalue weighted by Gasteiger charge is -2.33. The summed E-state index contributed by atoms with van der Waals surface area (Å²) in [5, 5.41) is 0. The number of fused-ring (bicyclic) bond motifs is 1. The molecular formula is C25H21NO5S. The Morgan fingerprint density at radius 2 is 1.56 bits per heavy atom. The van der Waals surface area contributed by atoms with Crippen molar-refractivity contribution in [3.05, 3.63) is 101 Å². The van der Waals surface area contributed by atoms with Gasteiger partial charge in [-0.1, -0.05) is 66.2 Å². The molecule has 0 aliphatic carbocycles. The van der Waals surface area contributed by atoms with Gasteiger partial charge in [0.2, 0.25) is 10.0 Å². The van der Waals surface area contributed by atoms with Crippen LogP contribution in [0.5, 0.6) is 0 Å². The molecule has 1 aliphatic rings. The second kappa shape index (κ2) is 8.26. The Kier molecular flexibility index (Phi) is 5.62. The first-order valence-electron chi connectivity index (χ1n) is 10.1. The lowest BCUT2D eigenvalue weighted by molar-refractivity contribution is 0.0754. The van der Waals surface area contributed by atoms with E-state index < -0.39 is 40.0 Å². The van der Waals surface area contributed by atoms with Gasteiger partial charge in [-0.15, -0.1) is 0 Å². The summed E-state index contributed by atoms with van der Waals surface area (Å²) in [7, 11) is -4.27. The topological polar surface area (TPSA) is 88.6 Å². The molecular weight excluding hydrogens is 426 g/mol. The van der Waals surface area contributed by atoms with Crippen molar-refractivity contribution in [1.29, 1.82) is 0 Å². The molecule has 0 fully saturated rings. The van der Waals surface area contributed by atoms with Crippen LogP contribution < -0.4 is 0 Å². The summed E-state index contributed by atoms with van der Waals surface area (Å²) >= 11 is 0. The standard InChI is InChI=1S/C25H21NO5S/c1-16-12-13-19(17(2)14-16)21(27)15-26-23(24(28)18-8-4-3-5-9-18)25(29)20-10-6-7-11-22(20)32(26,30)31/h3-14,23H,15H2,1-2H3. The van der Waals surface area contributed by atoms with Crippen LogP contribution in [0.3, 0.4) is 0 Å². The Morgan fingerprint density at radius 3 is 2.25 bits per heavy atom. The molecule has 162 valence electrons. The van der Waals surface area contributed by atoms with Gasteiger partial charge in [0.25, 0.3) is 0 Å². The first-order valence-corrected chi connectivity index (χ1v) is 11.5. The molecule has 6 nitrogen and oxygen atoms in total. The number of hydrogen-bond donors (Lipinski definition) is 0. The van der Waals surface area contributed by atoms with Crippen molar-refractivity contribution in [1.82, 2.24) is 4.31 Å². The minimum absolute atomic E-state index is 0.0444. The molecule has 32 heavy (non-hydrogen) atoms. The van der Waals surface area contributed by atoms with Crippen molar-refractivity contribution >= 4 is 27.4 Å². The predicted octanol–water partition coefficient (Wildman–Crippen LogP) is 3.62. The summed E-state index contributed by atoms with van der Waals surface area (Å²) in [5.41, 5.74) is 2.16. The quantitative estimate of drug-likeness (QED) is 0.440.